The van der Waals surface area contributed by atoms with Crippen molar-refractivity contribution in [2.75, 3.05) is 11.9 Å². The maximum Gasteiger partial charge on any atom is 0.268 e. The standard InChI is InChI=1S/C15H22N4O5/c1-9(20)13(15(23)19-24)18-14(22)10-4-6-11(7-5-10)17-12(21)3-2-8-16/h4-7,9,13,20,24H,2-3,8,16H2,1H3,(H,17,21)(H,18,22)(H,19,23)/t9-,13+/m1/s1. The molecule has 7 N–H and O–H groups in total. The Hall–Kier alpha value is -2.49. The van der Waals surface area contributed by atoms with Gasteiger partial charge in [-0.1, -0.05) is 0 Å². The summed E-state index contributed by atoms with van der Waals surface area (Å²) >= 11 is 0. The number of aliphatic hydroxyl groups is 1. The lowest BCUT2D eigenvalue weighted by Crippen LogP contribution is -2.51. The SMILES string of the molecule is C[C@@H](O)[C@H](NC(=O)c1ccc(NC(=O)CCCN)cc1)C(=O)NO. The number of hydrogen-bond donors (Lipinski definition) is 6. The molecule has 24 heavy (non-hydrogen) atoms. The van der Waals surface area contributed by atoms with E-state index >= 15 is 0 Å². The van der Waals surface area contributed by atoms with Crippen molar-refractivity contribution in [3.8, 4) is 0 Å². The van der Waals surface area contributed by atoms with Gasteiger partial charge >= 0.3 is 0 Å². The van der Waals surface area contributed by atoms with Crippen LogP contribution in [0.5, 0.6) is 0 Å². The number of hydrogen-bond acceptors (Lipinski definition) is 6. The molecule has 0 spiro atoms. The van der Waals surface area contributed by atoms with Crippen LogP contribution in [0.1, 0.15) is 30.1 Å². The number of amides is 3. The summed E-state index contributed by atoms with van der Waals surface area (Å²) < 4.78 is 0. The Bertz CT molecular complexity index is 574. The molecule has 9 heteroatoms. The van der Waals surface area contributed by atoms with Crippen molar-refractivity contribution in [2.45, 2.75) is 31.9 Å². The number of anilines is 1. The average Bonchev–Trinajstić information content (AvgIpc) is 2.57. The summed E-state index contributed by atoms with van der Waals surface area (Å²) in [5.41, 5.74) is 7.46. The summed E-state index contributed by atoms with van der Waals surface area (Å²) in [6.07, 6.45) is -0.298. The van der Waals surface area contributed by atoms with E-state index in [1.165, 1.54) is 24.5 Å². The van der Waals surface area contributed by atoms with E-state index in [0.29, 0.717) is 25.1 Å². The number of hydroxylamine groups is 1. The summed E-state index contributed by atoms with van der Waals surface area (Å²) in [6, 6.07) is 4.71. The number of rotatable bonds is 8. The number of nitrogens with one attached hydrogen (secondary N) is 3. The predicted molar refractivity (Wildman–Crippen MR) is 86.2 cm³/mol. The molecule has 0 fully saturated rings. The van der Waals surface area contributed by atoms with Crippen molar-refractivity contribution in [2.24, 2.45) is 5.73 Å². The van der Waals surface area contributed by atoms with Crippen molar-refractivity contribution >= 4 is 23.4 Å². The van der Waals surface area contributed by atoms with E-state index < -0.39 is 24.0 Å². The molecule has 1 aromatic rings. The van der Waals surface area contributed by atoms with Gasteiger partial charge in [0.05, 0.1) is 6.10 Å². The molecular formula is C15H22N4O5. The van der Waals surface area contributed by atoms with Gasteiger partial charge in [0, 0.05) is 17.7 Å². The number of carbonyl (C=O) groups is 3. The third-order valence-corrected chi connectivity index (χ3v) is 3.20. The van der Waals surface area contributed by atoms with Crippen LogP contribution in [0, 0.1) is 0 Å². The molecule has 0 saturated carbocycles. The summed E-state index contributed by atoms with van der Waals surface area (Å²) in [5, 5.41) is 23.1. The predicted octanol–water partition coefficient (Wildman–Crippen LogP) is -0.651. The van der Waals surface area contributed by atoms with Gasteiger partial charge in [-0.25, -0.2) is 5.48 Å². The number of nitrogens with two attached hydrogens (primary N) is 1. The first-order valence-electron chi connectivity index (χ1n) is 7.42. The van der Waals surface area contributed by atoms with E-state index in [4.69, 9.17) is 10.9 Å². The van der Waals surface area contributed by atoms with Crippen LogP contribution in [0.2, 0.25) is 0 Å². The van der Waals surface area contributed by atoms with Crippen molar-refractivity contribution in [1.29, 1.82) is 0 Å². The average molecular weight is 338 g/mol. The highest BCUT2D eigenvalue weighted by atomic mass is 16.5. The molecule has 9 nitrogen and oxygen atoms in total. The van der Waals surface area contributed by atoms with Gasteiger partial charge in [0.2, 0.25) is 5.91 Å². The minimum atomic E-state index is -1.29. The Morgan fingerprint density at radius 3 is 2.33 bits per heavy atom. The van der Waals surface area contributed by atoms with Crippen LogP contribution in [0.25, 0.3) is 0 Å². The minimum Gasteiger partial charge on any atom is -0.391 e. The second kappa shape index (κ2) is 9.60. The van der Waals surface area contributed by atoms with Crippen molar-refractivity contribution in [1.82, 2.24) is 10.8 Å². The lowest BCUT2D eigenvalue weighted by molar-refractivity contribution is -0.133. The van der Waals surface area contributed by atoms with Gasteiger partial charge in [0.1, 0.15) is 6.04 Å². The topological polar surface area (TPSA) is 154 Å². The highest BCUT2D eigenvalue weighted by Gasteiger charge is 2.25. The molecular weight excluding hydrogens is 316 g/mol. The number of aliphatic hydroxyl groups excluding tert-OH is 1. The van der Waals surface area contributed by atoms with Gasteiger partial charge in [0.15, 0.2) is 0 Å². The summed E-state index contributed by atoms with van der Waals surface area (Å²) in [6.45, 7) is 1.73. The molecule has 0 aliphatic carbocycles. The molecule has 2 atom stereocenters. The summed E-state index contributed by atoms with van der Waals surface area (Å²) in [7, 11) is 0. The fourth-order valence-corrected chi connectivity index (χ4v) is 1.89. The monoisotopic (exact) mass is 338 g/mol. The molecule has 0 bridgehead atoms. The lowest BCUT2D eigenvalue weighted by Gasteiger charge is -2.19. The largest absolute Gasteiger partial charge is 0.391 e. The normalized spacial score (nSPS) is 12.8. The van der Waals surface area contributed by atoms with Crippen LogP contribution in [-0.2, 0) is 9.59 Å². The Kier molecular flexibility index (Phi) is 7.83. The number of carbonyl (C=O) groups excluding carboxylic acids is 3. The molecule has 0 unspecified atom stereocenters. The molecule has 0 aliphatic rings. The van der Waals surface area contributed by atoms with Crippen LogP contribution in [0.15, 0.2) is 24.3 Å². The van der Waals surface area contributed by atoms with Crippen molar-refractivity contribution in [3.63, 3.8) is 0 Å². The second-order valence-electron chi connectivity index (χ2n) is 5.19. The van der Waals surface area contributed by atoms with E-state index in [2.05, 4.69) is 10.6 Å². The van der Waals surface area contributed by atoms with Crippen LogP contribution < -0.4 is 21.8 Å². The molecule has 1 aromatic carbocycles. The van der Waals surface area contributed by atoms with Crippen LogP contribution in [0.4, 0.5) is 5.69 Å². The zero-order valence-corrected chi connectivity index (χ0v) is 13.3. The molecule has 0 radical (unpaired) electrons. The van der Waals surface area contributed by atoms with Gasteiger partial charge in [-0.2, -0.15) is 0 Å². The Labute approximate surface area is 139 Å². The maximum absolute atomic E-state index is 12.1. The smallest absolute Gasteiger partial charge is 0.268 e. The third kappa shape index (κ3) is 5.95. The minimum absolute atomic E-state index is 0.175. The van der Waals surface area contributed by atoms with E-state index in [9.17, 15) is 19.5 Å². The fourth-order valence-electron chi connectivity index (χ4n) is 1.89. The van der Waals surface area contributed by atoms with Crippen molar-refractivity contribution < 1.29 is 24.7 Å². The Morgan fingerprint density at radius 2 is 1.83 bits per heavy atom. The van der Waals surface area contributed by atoms with Gasteiger partial charge in [-0.05, 0) is 44.2 Å². The third-order valence-electron chi connectivity index (χ3n) is 3.20. The second-order valence-corrected chi connectivity index (χ2v) is 5.19. The van der Waals surface area contributed by atoms with E-state index in [-0.39, 0.29) is 11.5 Å². The first-order valence-corrected chi connectivity index (χ1v) is 7.42. The zero-order valence-electron chi connectivity index (χ0n) is 13.3. The van der Waals surface area contributed by atoms with Crippen molar-refractivity contribution in [3.05, 3.63) is 29.8 Å². The molecule has 1 rings (SSSR count). The van der Waals surface area contributed by atoms with Gasteiger partial charge in [0.25, 0.3) is 11.8 Å². The zero-order chi connectivity index (χ0) is 18.1. The fraction of sp³-hybridized carbons (Fsp3) is 0.400. The van der Waals surface area contributed by atoms with Gasteiger partial charge in [-0.15, -0.1) is 0 Å². The Morgan fingerprint density at radius 1 is 1.21 bits per heavy atom. The molecule has 132 valence electrons. The molecule has 3 amide bonds. The first-order chi connectivity index (χ1) is 11.4. The quantitative estimate of drug-likeness (QED) is 0.273. The molecule has 0 saturated heterocycles. The van der Waals surface area contributed by atoms with Gasteiger partial charge < -0.3 is 21.5 Å². The molecule has 0 heterocycles. The van der Waals surface area contributed by atoms with E-state index in [1.54, 1.807) is 12.1 Å². The van der Waals surface area contributed by atoms with E-state index in [1.807, 2.05) is 0 Å². The highest BCUT2D eigenvalue weighted by Crippen LogP contribution is 2.11. The van der Waals surface area contributed by atoms with Crippen LogP contribution >= 0.6 is 0 Å². The summed E-state index contributed by atoms with van der Waals surface area (Å²) in [5.74, 6) is -1.71. The maximum atomic E-state index is 12.1. The van der Waals surface area contributed by atoms with E-state index in [0.717, 1.165) is 0 Å². The van der Waals surface area contributed by atoms with Crippen LogP contribution in [-0.4, -0.2) is 46.7 Å². The highest BCUT2D eigenvalue weighted by molar-refractivity contribution is 5.98. The van der Waals surface area contributed by atoms with Gasteiger partial charge in [-0.3, -0.25) is 19.6 Å². The summed E-state index contributed by atoms with van der Waals surface area (Å²) in [4.78, 5) is 35.0. The first kappa shape index (κ1) is 19.6. The molecule has 0 aromatic heterocycles. The molecule has 0 aliphatic heterocycles. The van der Waals surface area contributed by atoms with Crippen LogP contribution in [0.3, 0.4) is 0 Å². The number of benzene rings is 1. The Balaban J connectivity index is 2.69. The lowest BCUT2D eigenvalue weighted by atomic mass is 10.1.